The van der Waals surface area contributed by atoms with Crippen LogP contribution in [0.3, 0.4) is 0 Å². The van der Waals surface area contributed by atoms with Gasteiger partial charge in [-0.2, -0.15) is 0 Å². The van der Waals surface area contributed by atoms with E-state index in [-0.39, 0.29) is 28.7 Å². The number of nitro groups is 2. The molecule has 0 saturated carbocycles. The maximum Gasteiger partial charge on any atom is 0.341 e. The molecule has 0 aliphatic heterocycles. The predicted octanol–water partition coefficient (Wildman–Crippen LogP) is 4.74. The van der Waals surface area contributed by atoms with Crippen molar-refractivity contribution in [2.45, 2.75) is 46.0 Å². The number of nitrogens with zero attached hydrogens (tertiary/aromatic N) is 2. The second-order valence-corrected chi connectivity index (χ2v) is 8.37. The maximum atomic E-state index is 12.9. The Balaban J connectivity index is 2.05. The normalized spacial score (nSPS) is 15.1. The molecule has 0 radical (unpaired) electrons. The third-order valence-electron chi connectivity index (χ3n) is 5.27. The lowest BCUT2D eigenvalue weighted by atomic mass is 9.86. The van der Waals surface area contributed by atoms with Gasteiger partial charge in [0, 0.05) is 17.0 Å². The first-order valence-electron chi connectivity index (χ1n) is 9.73. The Morgan fingerprint density at radius 1 is 1.23 bits per heavy atom. The summed E-state index contributed by atoms with van der Waals surface area (Å²) in [7, 11) is 0. The van der Waals surface area contributed by atoms with E-state index in [1.165, 1.54) is 18.3 Å². The van der Waals surface area contributed by atoms with E-state index in [4.69, 9.17) is 4.74 Å². The van der Waals surface area contributed by atoms with Crippen molar-refractivity contribution < 1.29 is 24.2 Å². The van der Waals surface area contributed by atoms with Gasteiger partial charge < -0.3 is 10.1 Å². The molecular weight excluding hydrogens is 426 g/mol. The van der Waals surface area contributed by atoms with Crippen LogP contribution in [0.5, 0.6) is 0 Å². The summed E-state index contributed by atoms with van der Waals surface area (Å²) in [6.07, 6.45) is 2.63. The molecule has 164 valence electrons. The van der Waals surface area contributed by atoms with E-state index < -0.39 is 33.1 Å². The molecule has 2 aromatic rings. The molecule has 1 N–H and O–H groups in total. The SMILES string of the molecule is CCOC(=O)c1c(NC(=O)c2cc([N+](=O)[O-])c(C)c([N+](=O)[O-])c2)sc2c1C(C)CCC2. The Morgan fingerprint density at radius 3 is 2.39 bits per heavy atom. The summed E-state index contributed by atoms with van der Waals surface area (Å²) in [5.74, 6) is -1.21. The fraction of sp³-hybridized carbons (Fsp3) is 0.400. The number of amides is 1. The van der Waals surface area contributed by atoms with E-state index in [0.717, 1.165) is 41.8 Å². The number of ether oxygens (including phenoxy) is 1. The van der Waals surface area contributed by atoms with Crippen LogP contribution in [-0.4, -0.2) is 28.3 Å². The van der Waals surface area contributed by atoms with Gasteiger partial charge in [0.15, 0.2) is 0 Å². The van der Waals surface area contributed by atoms with Crippen molar-refractivity contribution in [2.24, 2.45) is 0 Å². The number of benzene rings is 1. The Hall–Kier alpha value is -3.34. The van der Waals surface area contributed by atoms with Crippen LogP contribution in [0, 0.1) is 27.2 Å². The summed E-state index contributed by atoms with van der Waals surface area (Å²) >= 11 is 1.27. The highest BCUT2D eigenvalue weighted by atomic mass is 32.1. The quantitative estimate of drug-likeness (QED) is 0.383. The lowest BCUT2D eigenvalue weighted by Gasteiger charge is -2.19. The Bertz CT molecular complexity index is 1060. The zero-order valence-electron chi connectivity index (χ0n) is 17.2. The van der Waals surface area contributed by atoms with Gasteiger partial charge in [0.25, 0.3) is 17.3 Å². The fourth-order valence-electron chi connectivity index (χ4n) is 3.77. The van der Waals surface area contributed by atoms with Gasteiger partial charge in [-0.3, -0.25) is 25.0 Å². The molecule has 1 aromatic heterocycles. The van der Waals surface area contributed by atoms with E-state index >= 15 is 0 Å². The third-order valence-corrected chi connectivity index (χ3v) is 6.45. The lowest BCUT2D eigenvalue weighted by molar-refractivity contribution is -0.395. The molecule has 10 nitrogen and oxygen atoms in total. The maximum absolute atomic E-state index is 12.9. The van der Waals surface area contributed by atoms with Gasteiger partial charge in [-0.15, -0.1) is 11.3 Å². The number of aryl methyl sites for hydroxylation is 1. The van der Waals surface area contributed by atoms with Gasteiger partial charge in [0.1, 0.15) is 10.6 Å². The Labute approximate surface area is 181 Å². The van der Waals surface area contributed by atoms with Crippen molar-refractivity contribution >= 4 is 39.6 Å². The monoisotopic (exact) mass is 447 g/mol. The number of esters is 1. The smallest absolute Gasteiger partial charge is 0.341 e. The standard InChI is InChI=1S/C20H21N3O7S/c1-4-30-20(25)17-16-10(2)6-5-7-15(16)31-19(17)21-18(24)12-8-13(22(26)27)11(3)14(9-12)23(28)29/h8-10H,4-7H2,1-3H3,(H,21,24). The molecule has 3 rings (SSSR count). The van der Waals surface area contributed by atoms with Crippen molar-refractivity contribution in [3.05, 3.63) is 59.5 Å². The van der Waals surface area contributed by atoms with Crippen molar-refractivity contribution in [1.82, 2.24) is 0 Å². The Morgan fingerprint density at radius 2 is 1.84 bits per heavy atom. The van der Waals surface area contributed by atoms with Crippen LogP contribution in [0.2, 0.25) is 0 Å². The number of anilines is 1. The van der Waals surface area contributed by atoms with Crippen molar-refractivity contribution in [1.29, 1.82) is 0 Å². The van der Waals surface area contributed by atoms with Crippen LogP contribution in [0.4, 0.5) is 16.4 Å². The first kappa shape index (κ1) is 22.3. The average Bonchev–Trinajstić information content (AvgIpc) is 3.07. The summed E-state index contributed by atoms with van der Waals surface area (Å²) in [5, 5.41) is 25.5. The number of nitrogens with one attached hydrogen (secondary N) is 1. The van der Waals surface area contributed by atoms with Crippen molar-refractivity contribution in [3.63, 3.8) is 0 Å². The number of hydrogen-bond donors (Lipinski definition) is 1. The zero-order chi connectivity index (χ0) is 22.9. The Kier molecular flexibility index (Phi) is 6.34. The summed E-state index contributed by atoms with van der Waals surface area (Å²) in [6.45, 7) is 5.11. The number of carbonyl (C=O) groups is 2. The lowest BCUT2D eigenvalue weighted by Crippen LogP contribution is -2.17. The molecule has 0 saturated heterocycles. The number of fused-ring (bicyclic) bond motifs is 1. The summed E-state index contributed by atoms with van der Waals surface area (Å²) in [4.78, 5) is 47.6. The molecule has 0 spiro atoms. The van der Waals surface area contributed by atoms with E-state index in [0.29, 0.717) is 5.56 Å². The minimum Gasteiger partial charge on any atom is -0.462 e. The van der Waals surface area contributed by atoms with Crippen LogP contribution in [0.15, 0.2) is 12.1 Å². The molecule has 0 fully saturated rings. The van der Waals surface area contributed by atoms with Crippen LogP contribution in [0.25, 0.3) is 0 Å². The van der Waals surface area contributed by atoms with Gasteiger partial charge in [-0.1, -0.05) is 6.92 Å². The number of nitro benzene ring substituents is 2. The first-order chi connectivity index (χ1) is 14.6. The zero-order valence-corrected chi connectivity index (χ0v) is 18.0. The highest BCUT2D eigenvalue weighted by Crippen LogP contribution is 2.44. The molecule has 1 aliphatic rings. The van der Waals surface area contributed by atoms with E-state index in [1.807, 2.05) is 6.92 Å². The number of rotatable bonds is 6. The van der Waals surface area contributed by atoms with Gasteiger partial charge in [-0.05, 0) is 44.6 Å². The molecule has 11 heteroatoms. The summed E-state index contributed by atoms with van der Waals surface area (Å²) in [5.41, 5.74) is -0.282. The van der Waals surface area contributed by atoms with Crippen molar-refractivity contribution in [3.8, 4) is 0 Å². The second-order valence-electron chi connectivity index (χ2n) is 7.26. The highest BCUT2D eigenvalue weighted by Gasteiger charge is 2.32. The molecule has 1 atom stereocenters. The second kappa shape index (κ2) is 8.80. The summed E-state index contributed by atoms with van der Waals surface area (Å²) in [6, 6.07) is 2.00. The molecule has 1 aromatic carbocycles. The molecule has 1 amide bonds. The van der Waals surface area contributed by atoms with E-state index in [2.05, 4.69) is 5.32 Å². The fourth-order valence-corrected chi connectivity index (χ4v) is 5.12. The predicted molar refractivity (Wildman–Crippen MR) is 114 cm³/mol. The van der Waals surface area contributed by atoms with Crippen LogP contribution in [0.1, 0.15) is 69.3 Å². The molecule has 1 unspecified atom stereocenters. The van der Waals surface area contributed by atoms with Crippen LogP contribution < -0.4 is 5.32 Å². The van der Waals surface area contributed by atoms with Crippen molar-refractivity contribution in [2.75, 3.05) is 11.9 Å². The summed E-state index contributed by atoms with van der Waals surface area (Å²) < 4.78 is 5.18. The molecular formula is C20H21N3O7S. The number of thiophene rings is 1. The highest BCUT2D eigenvalue weighted by molar-refractivity contribution is 7.17. The van der Waals surface area contributed by atoms with Crippen LogP contribution >= 0.6 is 11.3 Å². The average molecular weight is 447 g/mol. The van der Waals surface area contributed by atoms with Gasteiger partial charge in [0.05, 0.1) is 27.6 Å². The topological polar surface area (TPSA) is 142 Å². The van der Waals surface area contributed by atoms with E-state index in [9.17, 15) is 29.8 Å². The largest absolute Gasteiger partial charge is 0.462 e. The molecule has 1 heterocycles. The first-order valence-corrected chi connectivity index (χ1v) is 10.5. The third kappa shape index (κ3) is 4.26. The minimum absolute atomic E-state index is 0.117. The minimum atomic E-state index is -0.775. The molecule has 31 heavy (non-hydrogen) atoms. The molecule has 1 aliphatic carbocycles. The number of carbonyl (C=O) groups excluding carboxylic acids is 2. The molecule has 0 bridgehead atoms. The van der Waals surface area contributed by atoms with E-state index in [1.54, 1.807) is 6.92 Å². The van der Waals surface area contributed by atoms with Gasteiger partial charge in [0.2, 0.25) is 0 Å². The number of hydrogen-bond acceptors (Lipinski definition) is 8. The van der Waals surface area contributed by atoms with Gasteiger partial charge in [-0.25, -0.2) is 4.79 Å². The van der Waals surface area contributed by atoms with Gasteiger partial charge >= 0.3 is 5.97 Å². The van der Waals surface area contributed by atoms with Crippen LogP contribution in [-0.2, 0) is 11.2 Å².